The molecule has 0 radical (unpaired) electrons. The molecule has 1 fully saturated rings. The van der Waals surface area contributed by atoms with Crippen LogP contribution in [0.3, 0.4) is 0 Å². The molecule has 2 aliphatic rings. The van der Waals surface area contributed by atoms with E-state index in [1.165, 1.54) is 10.5 Å². The largest absolute Gasteiger partial charge is 0.339 e. The van der Waals surface area contributed by atoms with Gasteiger partial charge in [0.05, 0.1) is 5.57 Å². The highest BCUT2D eigenvalue weighted by atomic mass is 16.2. The normalized spacial score (nSPS) is 17.5. The first-order chi connectivity index (χ1) is 16.6. The van der Waals surface area contributed by atoms with Gasteiger partial charge in [-0.3, -0.25) is 19.4 Å². The molecule has 0 unspecified atom stereocenters. The molecule has 2 aliphatic heterocycles. The lowest BCUT2D eigenvalue weighted by atomic mass is 10.0. The highest BCUT2D eigenvalue weighted by Crippen LogP contribution is 2.36. The molecular formula is C29H29N3O2. The summed E-state index contributed by atoms with van der Waals surface area (Å²) < 4.78 is 0. The second-order valence-corrected chi connectivity index (χ2v) is 8.96. The summed E-state index contributed by atoms with van der Waals surface area (Å²) in [5.41, 5.74) is 3.89. The van der Waals surface area contributed by atoms with Crippen molar-refractivity contribution in [3.8, 4) is 0 Å². The molecular weight excluding hydrogens is 422 g/mol. The third-order valence-corrected chi connectivity index (χ3v) is 6.80. The summed E-state index contributed by atoms with van der Waals surface area (Å²) in [6, 6.07) is 29.6. The fourth-order valence-corrected chi connectivity index (χ4v) is 5.00. The van der Waals surface area contributed by atoms with E-state index in [2.05, 4.69) is 29.2 Å². The Labute approximate surface area is 200 Å². The molecule has 1 saturated heterocycles. The average Bonchev–Trinajstić information content (AvgIpc) is 3.15. The van der Waals surface area contributed by atoms with Crippen LogP contribution in [0.1, 0.15) is 24.0 Å². The second kappa shape index (κ2) is 9.65. The summed E-state index contributed by atoms with van der Waals surface area (Å²) in [6.45, 7) is 2.62. The van der Waals surface area contributed by atoms with E-state index < -0.39 is 0 Å². The Morgan fingerprint density at radius 3 is 1.94 bits per heavy atom. The summed E-state index contributed by atoms with van der Waals surface area (Å²) in [4.78, 5) is 33.3. The number of hydrogen-bond donors (Lipinski definition) is 0. The van der Waals surface area contributed by atoms with Crippen molar-refractivity contribution in [2.24, 2.45) is 0 Å². The third-order valence-electron chi connectivity index (χ3n) is 6.80. The number of nitrogens with zero attached hydrogens (tertiary/aromatic N) is 3. The standard InChI is InChI=1S/C29H29N3O2/c1-30(24-15-9-4-10-16-24)27-26(23-13-7-3-8-14-23)28(33)32(29(27)34)25-17-19-31(20-18-25)21-22-11-5-2-6-12-22/h2-16,25H,17-21H2,1H3. The molecule has 172 valence electrons. The lowest BCUT2D eigenvalue weighted by molar-refractivity contribution is -0.140. The first kappa shape index (κ1) is 22.1. The maximum Gasteiger partial charge on any atom is 0.278 e. The van der Waals surface area contributed by atoms with Crippen LogP contribution < -0.4 is 4.90 Å². The predicted octanol–water partition coefficient (Wildman–Crippen LogP) is 4.57. The van der Waals surface area contributed by atoms with Crippen LogP contribution in [0.5, 0.6) is 0 Å². The predicted molar refractivity (Wildman–Crippen MR) is 135 cm³/mol. The van der Waals surface area contributed by atoms with Crippen molar-refractivity contribution < 1.29 is 9.59 Å². The number of piperidine rings is 1. The lowest BCUT2D eigenvalue weighted by Gasteiger charge is -2.36. The fourth-order valence-electron chi connectivity index (χ4n) is 5.00. The number of likely N-dealkylation sites (N-methyl/N-ethyl adjacent to an activating group) is 1. The molecule has 0 N–H and O–H groups in total. The van der Waals surface area contributed by atoms with Crippen LogP contribution in [0.25, 0.3) is 5.57 Å². The van der Waals surface area contributed by atoms with E-state index in [1.54, 1.807) is 0 Å². The maximum atomic E-state index is 13.8. The molecule has 3 aromatic carbocycles. The highest BCUT2D eigenvalue weighted by Gasteiger charge is 2.45. The van der Waals surface area contributed by atoms with Crippen molar-refractivity contribution in [3.05, 3.63) is 108 Å². The second-order valence-electron chi connectivity index (χ2n) is 8.96. The van der Waals surface area contributed by atoms with Gasteiger partial charge in [0.1, 0.15) is 5.70 Å². The molecule has 2 amide bonds. The van der Waals surface area contributed by atoms with Crippen LogP contribution >= 0.6 is 0 Å². The number of likely N-dealkylation sites (tertiary alicyclic amines) is 1. The van der Waals surface area contributed by atoms with Gasteiger partial charge in [-0.1, -0.05) is 78.9 Å². The summed E-state index contributed by atoms with van der Waals surface area (Å²) >= 11 is 0. The minimum atomic E-state index is -0.197. The van der Waals surface area contributed by atoms with E-state index in [4.69, 9.17) is 0 Å². The van der Waals surface area contributed by atoms with Crippen molar-refractivity contribution in [1.82, 2.24) is 9.80 Å². The van der Waals surface area contributed by atoms with E-state index >= 15 is 0 Å². The van der Waals surface area contributed by atoms with E-state index in [9.17, 15) is 9.59 Å². The third kappa shape index (κ3) is 4.27. The summed E-state index contributed by atoms with van der Waals surface area (Å²) in [7, 11) is 1.87. The van der Waals surface area contributed by atoms with Crippen LogP contribution in [0, 0.1) is 0 Å². The fraction of sp³-hybridized carbons (Fsp3) is 0.241. The minimum absolute atomic E-state index is 0.0904. The molecule has 5 heteroatoms. The van der Waals surface area contributed by atoms with E-state index in [0.717, 1.165) is 43.7 Å². The van der Waals surface area contributed by atoms with Gasteiger partial charge in [-0.25, -0.2) is 0 Å². The SMILES string of the molecule is CN(C1=C(c2ccccc2)C(=O)N(C2CCN(Cc3ccccc3)CC2)C1=O)c1ccccc1. The highest BCUT2D eigenvalue weighted by molar-refractivity contribution is 6.36. The van der Waals surface area contributed by atoms with Crippen LogP contribution in [0.15, 0.2) is 96.7 Å². The molecule has 0 spiro atoms. The molecule has 0 aromatic heterocycles. The van der Waals surface area contributed by atoms with Gasteiger partial charge in [-0.2, -0.15) is 0 Å². The Morgan fingerprint density at radius 2 is 1.32 bits per heavy atom. The van der Waals surface area contributed by atoms with Crippen LogP contribution in [-0.4, -0.2) is 47.8 Å². The first-order valence-electron chi connectivity index (χ1n) is 11.9. The van der Waals surface area contributed by atoms with Gasteiger partial charge in [0.25, 0.3) is 11.8 Å². The summed E-state index contributed by atoms with van der Waals surface area (Å²) in [5.74, 6) is -0.382. The average molecular weight is 452 g/mol. The van der Waals surface area contributed by atoms with Crippen LogP contribution in [0.4, 0.5) is 5.69 Å². The Bertz CT molecular complexity index is 1180. The number of benzene rings is 3. The number of anilines is 1. The van der Waals surface area contributed by atoms with E-state index in [1.807, 2.05) is 78.7 Å². The maximum absolute atomic E-state index is 13.8. The van der Waals surface area contributed by atoms with Crippen molar-refractivity contribution >= 4 is 23.1 Å². The molecule has 34 heavy (non-hydrogen) atoms. The van der Waals surface area contributed by atoms with E-state index in [0.29, 0.717) is 11.3 Å². The zero-order valence-corrected chi connectivity index (χ0v) is 19.4. The molecule has 5 nitrogen and oxygen atoms in total. The van der Waals surface area contributed by atoms with Gasteiger partial charge in [-0.15, -0.1) is 0 Å². The minimum Gasteiger partial charge on any atom is -0.339 e. The number of carbonyl (C=O) groups excluding carboxylic acids is 2. The van der Waals surface area contributed by atoms with Gasteiger partial charge in [0.15, 0.2) is 0 Å². The Kier molecular flexibility index (Phi) is 6.28. The van der Waals surface area contributed by atoms with E-state index in [-0.39, 0.29) is 17.9 Å². The zero-order chi connectivity index (χ0) is 23.5. The van der Waals surface area contributed by atoms with Crippen molar-refractivity contribution in [1.29, 1.82) is 0 Å². The van der Waals surface area contributed by atoms with Gasteiger partial charge in [-0.05, 0) is 36.1 Å². The number of carbonyl (C=O) groups is 2. The monoisotopic (exact) mass is 451 g/mol. The van der Waals surface area contributed by atoms with Crippen molar-refractivity contribution in [2.45, 2.75) is 25.4 Å². The molecule has 2 heterocycles. The first-order valence-corrected chi connectivity index (χ1v) is 11.9. The van der Waals surface area contributed by atoms with Gasteiger partial charge in [0.2, 0.25) is 0 Å². The molecule has 0 saturated carbocycles. The molecule has 0 aliphatic carbocycles. The molecule has 0 bridgehead atoms. The number of hydrogen-bond acceptors (Lipinski definition) is 4. The van der Waals surface area contributed by atoms with Crippen molar-refractivity contribution in [3.63, 3.8) is 0 Å². The van der Waals surface area contributed by atoms with Crippen molar-refractivity contribution in [2.75, 3.05) is 25.0 Å². The van der Waals surface area contributed by atoms with Gasteiger partial charge < -0.3 is 4.90 Å². The number of rotatable bonds is 6. The number of imide groups is 1. The summed E-state index contributed by atoms with van der Waals surface area (Å²) in [5, 5.41) is 0. The van der Waals surface area contributed by atoms with Crippen LogP contribution in [-0.2, 0) is 16.1 Å². The summed E-state index contributed by atoms with van der Waals surface area (Å²) in [6.07, 6.45) is 1.57. The number of amides is 2. The molecule has 5 rings (SSSR count). The Balaban J connectivity index is 1.39. The Hall–Kier alpha value is -3.70. The molecule has 3 aromatic rings. The van der Waals surface area contributed by atoms with Crippen LogP contribution in [0.2, 0.25) is 0 Å². The Morgan fingerprint density at radius 1 is 0.765 bits per heavy atom. The van der Waals surface area contributed by atoms with Gasteiger partial charge in [0, 0.05) is 38.4 Å². The zero-order valence-electron chi connectivity index (χ0n) is 19.4. The molecule has 0 atom stereocenters. The quantitative estimate of drug-likeness (QED) is 0.515. The number of para-hydroxylation sites is 1. The smallest absolute Gasteiger partial charge is 0.278 e. The lowest BCUT2D eigenvalue weighted by Crippen LogP contribution is -2.48. The van der Waals surface area contributed by atoms with Gasteiger partial charge >= 0.3 is 0 Å². The topological polar surface area (TPSA) is 43.9 Å².